The zero-order chi connectivity index (χ0) is 13.7. The Morgan fingerprint density at radius 1 is 1.33 bits per heavy atom. The van der Waals surface area contributed by atoms with Crippen LogP contribution in [0.4, 0.5) is 4.79 Å². The highest BCUT2D eigenvalue weighted by Gasteiger charge is 2.74. The van der Waals surface area contributed by atoms with Gasteiger partial charge in [-0.1, -0.05) is 0 Å². The van der Waals surface area contributed by atoms with Crippen LogP contribution in [0.15, 0.2) is 0 Å². The zero-order valence-electron chi connectivity index (χ0n) is 9.71. The Kier molecular flexibility index (Phi) is 2.69. The summed E-state index contributed by atoms with van der Waals surface area (Å²) in [6, 6.07) is -0.985. The standard InChI is InChI=1S/C10H15N3O5/c1-12-9(18)13-3-2-10(11,8(16)17)6-4(3)5(6)7(14)15/h3-6H,2,11H2,1H3,(H,14,15)(H,16,17)(H2,12,13,18)/t3-,4+,5-,6+,10-/m1/s1. The van der Waals surface area contributed by atoms with E-state index < -0.39 is 47.3 Å². The monoisotopic (exact) mass is 257 g/mol. The second-order valence-corrected chi connectivity index (χ2v) is 4.85. The van der Waals surface area contributed by atoms with Gasteiger partial charge in [0.2, 0.25) is 0 Å². The summed E-state index contributed by atoms with van der Waals surface area (Å²) >= 11 is 0. The maximum Gasteiger partial charge on any atom is 0.324 e. The lowest BCUT2D eigenvalue weighted by Crippen LogP contribution is -2.53. The lowest BCUT2D eigenvalue weighted by Gasteiger charge is -2.24. The molecule has 0 bridgehead atoms. The third-order valence-corrected chi connectivity index (χ3v) is 3.92. The van der Waals surface area contributed by atoms with Crippen molar-refractivity contribution in [2.75, 3.05) is 7.05 Å². The van der Waals surface area contributed by atoms with Crippen LogP contribution in [0.5, 0.6) is 0 Å². The van der Waals surface area contributed by atoms with Crippen LogP contribution in [-0.4, -0.2) is 46.8 Å². The van der Waals surface area contributed by atoms with Crippen LogP contribution in [-0.2, 0) is 9.59 Å². The van der Waals surface area contributed by atoms with Crippen LogP contribution in [0, 0.1) is 17.8 Å². The maximum atomic E-state index is 11.2. The molecule has 2 aliphatic carbocycles. The summed E-state index contributed by atoms with van der Waals surface area (Å²) in [5.41, 5.74) is 4.22. The molecule has 8 heteroatoms. The highest BCUT2D eigenvalue weighted by molar-refractivity contribution is 5.86. The minimum atomic E-state index is -1.57. The molecule has 0 aliphatic heterocycles. The number of urea groups is 1. The van der Waals surface area contributed by atoms with Gasteiger partial charge in [0.1, 0.15) is 5.54 Å². The van der Waals surface area contributed by atoms with Gasteiger partial charge in [-0.15, -0.1) is 0 Å². The summed E-state index contributed by atoms with van der Waals surface area (Å²) in [5.74, 6) is -4.09. The van der Waals surface area contributed by atoms with Crippen molar-refractivity contribution >= 4 is 18.0 Å². The van der Waals surface area contributed by atoms with E-state index in [2.05, 4.69) is 10.6 Å². The van der Waals surface area contributed by atoms with Crippen molar-refractivity contribution in [1.82, 2.24) is 10.6 Å². The average molecular weight is 257 g/mol. The van der Waals surface area contributed by atoms with Crippen molar-refractivity contribution < 1.29 is 24.6 Å². The van der Waals surface area contributed by atoms with Crippen molar-refractivity contribution in [2.45, 2.75) is 18.0 Å². The first-order valence-electron chi connectivity index (χ1n) is 5.56. The number of carbonyl (C=O) groups excluding carboxylic acids is 1. The molecule has 0 unspecified atom stereocenters. The van der Waals surface area contributed by atoms with Gasteiger partial charge in [0.25, 0.3) is 0 Å². The number of hydrogen-bond acceptors (Lipinski definition) is 4. The molecule has 0 saturated heterocycles. The normalized spacial score (nSPS) is 40.8. The molecular weight excluding hydrogens is 242 g/mol. The summed E-state index contributed by atoms with van der Waals surface area (Å²) in [6.07, 6.45) is 0.0505. The number of nitrogens with two attached hydrogens (primary N) is 1. The van der Waals surface area contributed by atoms with Crippen molar-refractivity contribution in [3.63, 3.8) is 0 Å². The summed E-state index contributed by atoms with van der Waals surface area (Å²) < 4.78 is 0. The van der Waals surface area contributed by atoms with E-state index in [9.17, 15) is 14.4 Å². The number of carbonyl (C=O) groups is 3. The van der Waals surface area contributed by atoms with E-state index in [0.29, 0.717) is 0 Å². The summed E-state index contributed by atoms with van der Waals surface area (Å²) in [5, 5.41) is 23.0. The van der Waals surface area contributed by atoms with Gasteiger partial charge in [0.05, 0.1) is 5.92 Å². The molecule has 2 saturated carbocycles. The summed E-state index contributed by atoms with van der Waals surface area (Å²) in [7, 11) is 1.43. The Labute approximate surface area is 103 Å². The third kappa shape index (κ3) is 1.60. The SMILES string of the molecule is CNC(=O)N[C@@H]1C[C@](N)(C(=O)O)[C@@H]2[C@H](C(=O)O)[C@@H]21. The molecule has 0 aromatic carbocycles. The van der Waals surface area contributed by atoms with Gasteiger partial charge < -0.3 is 26.6 Å². The van der Waals surface area contributed by atoms with Gasteiger partial charge in [0, 0.05) is 19.0 Å². The van der Waals surface area contributed by atoms with Crippen LogP contribution < -0.4 is 16.4 Å². The minimum absolute atomic E-state index is 0.0505. The van der Waals surface area contributed by atoms with Crippen LogP contribution in [0.25, 0.3) is 0 Å². The topological polar surface area (TPSA) is 142 Å². The van der Waals surface area contributed by atoms with E-state index >= 15 is 0 Å². The molecule has 2 amide bonds. The molecule has 0 radical (unpaired) electrons. The molecule has 2 aliphatic rings. The minimum Gasteiger partial charge on any atom is -0.481 e. The number of aliphatic carboxylic acids is 2. The second kappa shape index (κ2) is 3.84. The first-order valence-corrected chi connectivity index (χ1v) is 5.56. The Morgan fingerprint density at radius 2 is 1.94 bits per heavy atom. The fourth-order valence-corrected chi connectivity index (χ4v) is 3.07. The second-order valence-electron chi connectivity index (χ2n) is 4.85. The van der Waals surface area contributed by atoms with E-state index in [1.54, 1.807) is 0 Å². The molecule has 100 valence electrons. The summed E-state index contributed by atoms with van der Waals surface area (Å²) in [6.45, 7) is 0. The zero-order valence-corrected chi connectivity index (χ0v) is 9.71. The Balaban J connectivity index is 2.19. The number of carboxylic acid groups (broad SMARTS) is 2. The van der Waals surface area contributed by atoms with Gasteiger partial charge in [-0.2, -0.15) is 0 Å². The fraction of sp³-hybridized carbons (Fsp3) is 0.700. The van der Waals surface area contributed by atoms with Crippen LogP contribution in [0.3, 0.4) is 0 Å². The van der Waals surface area contributed by atoms with Crippen molar-refractivity contribution in [1.29, 1.82) is 0 Å². The molecule has 18 heavy (non-hydrogen) atoms. The lowest BCUT2D eigenvalue weighted by molar-refractivity contribution is -0.145. The number of rotatable bonds is 3. The molecule has 5 atom stereocenters. The van der Waals surface area contributed by atoms with E-state index in [-0.39, 0.29) is 6.42 Å². The fourth-order valence-electron chi connectivity index (χ4n) is 3.07. The van der Waals surface area contributed by atoms with Gasteiger partial charge >= 0.3 is 18.0 Å². The number of nitrogens with one attached hydrogen (secondary N) is 2. The number of fused-ring (bicyclic) bond motifs is 1. The van der Waals surface area contributed by atoms with Crippen molar-refractivity contribution in [3.05, 3.63) is 0 Å². The van der Waals surface area contributed by atoms with Crippen LogP contribution in [0.2, 0.25) is 0 Å². The summed E-state index contributed by atoms with van der Waals surface area (Å²) in [4.78, 5) is 33.4. The van der Waals surface area contributed by atoms with Gasteiger partial charge in [0.15, 0.2) is 0 Å². The quantitative estimate of drug-likeness (QED) is 0.413. The smallest absolute Gasteiger partial charge is 0.324 e. The van der Waals surface area contributed by atoms with E-state index in [1.165, 1.54) is 7.05 Å². The Hall–Kier alpha value is -1.83. The van der Waals surface area contributed by atoms with Gasteiger partial charge in [-0.3, -0.25) is 9.59 Å². The van der Waals surface area contributed by atoms with Crippen molar-refractivity contribution in [2.24, 2.45) is 23.5 Å². The first-order chi connectivity index (χ1) is 8.32. The molecule has 0 aromatic rings. The first kappa shape index (κ1) is 12.6. The molecule has 6 N–H and O–H groups in total. The largest absolute Gasteiger partial charge is 0.481 e. The van der Waals surface area contributed by atoms with Crippen LogP contribution in [0.1, 0.15) is 6.42 Å². The molecular formula is C10H15N3O5. The molecule has 2 rings (SSSR count). The average Bonchev–Trinajstić information content (AvgIpc) is 2.97. The maximum absolute atomic E-state index is 11.2. The molecule has 0 heterocycles. The third-order valence-electron chi connectivity index (χ3n) is 3.92. The predicted molar refractivity (Wildman–Crippen MR) is 58.7 cm³/mol. The number of hydrogen-bond donors (Lipinski definition) is 5. The van der Waals surface area contributed by atoms with Crippen LogP contribution >= 0.6 is 0 Å². The molecule has 8 nitrogen and oxygen atoms in total. The Morgan fingerprint density at radius 3 is 2.39 bits per heavy atom. The predicted octanol–water partition coefficient (Wildman–Crippen LogP) is -1.58. The number of carboxylic acids is 2. The molecule has 2 fully saturated rings. The number of amides is 2. The Bertz CT molecular complexity index is 426. The van der Waals surface area contributed by atoms with Gasteiger partial charge in [-0.25, -0.2) is 4.79 Å². The van der Waals surface area contributed by atoms with Gasteiger partial charge in [-0.05, 0) is 12.3 Å². The molecule has 0 spiro atoms. The highest BCUT2D eigenvalue weighted by atomic mass is 16.4. The van der Waals surface area contributed by atoms with E-state index in [4.69, 9.17) is 15.9 Å². The highest BCUT2D eigenvalue weighted by Crippen LogP contribution is 2.61. The van der Waals surface area contributed by atoms with Crippen molar-refractivity contribution in [3.8, 4) is 0 Å². The lowest BCUT2D eigenvalue weighted by atomic mass is 9.90. The van der Waals surface area contributed by atoms with E-state index in [1.807, 2.05) is 0 Å². The van der Waals surface area contributed by atoms with E-state index in [0.717, 1.165) is 0 Å². The molecule has 0 aromatic heterocycles.